The molecule has 0 radical (unpaired) electrons. The molecule has 2 rings (SSSR count). The summed E-state index contributed by atoms with van der Waals surface area (Å²) in [6, 6.07) is 14.8. The first kappa shape index (κ1) is 15.4. The molecule has 0 heterocycles. The van der Waals surface area contributed by atoms with Gasteiger partial charge >= 0.3 is 0 Å². The lowest BCUT2D eigenvalue weighted by Gasteiger charge is -2.16. The molecule has 0 aliphatic heterocycles. The average molecular weight is 303 g/mol. The molecule has 0 bridgehead atoms. The predicted molar refractivity (Wildman–Crippen MR) is 87.9 cm³/mol. The third-order valence-corrected chi connectivity index (χ3v) is 3.59. The summed E-state index contributed by atoms with van der Waals surface area (Å²) in [5.41, 5.74) is 2.56. The van der Waals surface area contributed by atoms with E-state index >= 15 is 0 Å². The normalized spacial score (nSPS) is 11.8. The summed E-state index contributed by atoms with van der Waals surface area (Å²) in [7, 11) is 0. The highest BCUT2D eigenvalue weighted by molar-refractivity contribution is 6.31. The number of hydrogen-bond acceptors (Lipinski definition) is 2. The molecule has 2 N–H and O–H groups in total. The van der Waals surface area contributed by atoms with Gasteiger partial charge in [-0.15, -0.1) is 0 Å². The third kappa shape index (κ3) is 3.99. The topological polar surface area (TPSA) is 41.1 Å². The fourth-order valence-corrected chi connectivity index (χ4v) is 2.43. The van der Waals surface area contributed by atoms with Crippen molar-refractivity contribution in [2.75, 3.05) is 11.9 Å². The zero-order chi connectivity index (χ0) is 15.2. The van der Waals surface area contributed by atoms with Crippen LogP contribution in [0.3, 0.4) is 0 Å². The van der Waals surface area contributed by atoms with Crippen molar-refractivity contribution in [1.82, 2.24) is 5.32 Å². The van der Waals surface area contributed by atoms with Crippen molar-refractivity contribution in [3.8, 4) is 0 Å². The van der Waals surface area contributed by atoms with Crippen LogP contribution in [0.5, 0.6) is 0 Å². The minimum absolute atomic E-state index is 0.106. The van der Waals surface area contributed by atoms with E-state index in [2.05, 4.69) is 10.6 Å². The van der Waals surface area contributed by atoms with Gasteiger partial charge in [0.15, 0.2) is 0 Å². The number of benzene rings is 2. The Morgan fingerprint density at radius 1 is 1.14 bits per heavy atom. The molecule has 1 amide bonds. The second kappa shape index (κ2) is 7.14. The number of nitrogens with one attached hydrogen (secondary N) is 2. The van der Waals surface area contributed by atoms with Gasteiger partial charge in [-0.3, -0.25) is 4.79 Å². The average Bonchev–Trinajstić information content (AvgIpc) is 2.48. The third-order valence-electron chi connectivity index (χ3n) is 3.25. The summed E-state index contributed by atoms with van der Waals surface area (Å²) in [6.45, 7) is 4.81. The van der Waals surface area contributed by atoms with Crippen LogP contribution in [-0.2, 0) is 0 Å². The number of hydrogen-bond donors (Lipinski definition) is 2. The SMILES string of the molecule is CCNc1ccc(C(=O)NC(C)c2ccccc2Cl)cc1. The van der Waals surface area contributed by atoms with Gasteiger partial charge < -0.3 is 10.6 Å². The fourth-order valence-electron chi connectivity index (χ4n) is 2.13. The maximum atomic E-state index is 12.2. The Morgan fingerprint density at radius 3 is 2.43 bits per heavy atom. The van der Waals surface area contributed by atoms with E-state index < -0.39 is 0 Å². The van der Waals surface area contributed by atoms with Crippen LogP contribution < -0.4 is 10.6 Å². The molecule has 2 aromatic rings. The van der Waals surface area contributed by atoms with Gasteiger partial charge in [-0.25, -0.2) is 0 Å². The van der Waals surface area contributed by atoms with E-state index in [1.165, 1.54) is 0 Å². The van der Waals surface area contributed by atoms with Crippen LogP contribution in [0.25, 0.3) is 0 Å². The zero-order valence-corrected chi connectivity index (χ0v) is 12.9. The van der Waals surface area contributed by atoms with Gasteiger partial charge in [0.05, 0.1) is 6.04 Å². The number of anilines is 1. The second-order valence-corrected chi connectivity index (χ2v) is 5.23. The highest BCUT2D eigenvalue weighted by Gasteiger charge is 2.13. The van der Waals surface area contributed by atoms with Crippen LogP contribution in [0.4, 0.5) is 5.69 Å². The fraction of sp³-hybridized carbons (Fsp3) is 0.235. The van der Waals surface area contributed by atoms with E-state index in [0.717, 1.165) is 17.8 Å². The number of amides is 1. The maximum absolute atomic E-state index is 12.2. The Balaban J connectivity index is 2.05. The van der Waals surface area contributed by atoms with Gasteiger partial charge in [0, 0.05) is 22.8 Å². The van der Waals surface area contributed by atoms with Gasteiger partial charge in [-0.1, -0.05) is 29.8 Å². The van der Waals surface area contributed by atoms with Gasteiger partial charge in [0.25, 0.3) is 5.91 Å². The van der Waals surface area contributed by atoms with E-state index in [1.54, 1.807) is 0 Å². The molecule has 0 aromatic heterocycles. The van der Waals surface area contributed by atoms with Crippen LogP contribution >= 0.6 is 11.6 Å². The van der Waals surface area contributed by atoms with E-state index in [4.69, 9.17) is 11.6 Å². The van der Waals surface area contributed by atoms with Crippen molar-refractivity contribution in [2.24, 2.45) is 0 Å². The summed E-state index contributed by atoms with van der Waals surface area (Å²) >= 11 is 6.14. The van der Waals surface area contributed by atoms with Crippen LogP contribution in [0.2, 0.25) is 5.02 Å². The van der Waals surface area contributed by atoms with E-state index in [9.17, 15) is 4.79 Å². The molecule has 2 aromatic carbocycles. The van der Waals surface area contributed by atoms with E-state index in [-0.39, 0.29) is 11.9 Å². The Hall–Kier alpha value is -2.00. The highest BCUT2D eigenvalue weighted by Crippen LogP contribution is 2.22. The Bertz CT molecular complexity index is 610. The second-order valence-electron chi connectivity index (χ2n) is 4.82. The number of carbonyl (C=O) groups excluding carboxylic acids is 1. The van der Waals surface area contributed by atoms with Gasteiger partial charge in [0.1, 0.15) is 0 Å². The summed E-state index contributed by atoms with van der Waals surface area (Å²) < 4.78 is 0. The van der Waals surface area contributed by atoms with Gasteiger partial charge in [-0.2, -0.15) is 0 Å². The Morgan fingerprint density at radius 2 is 1.81 bits per heavy atom. The largest absolute Gasteiger partial charge is 0.385 e. The van der Waals surface area contributed by atoms with Crippen LogP contribution in [0, 0.1) is 0 Å². The predicted octanol–water partition coefficient (Wildman–Crippen LogP) is 4.26. The molecule has 1 unspecified atom stereocenters. The molecule has 0 aliphatic rings. The van der Waals surface area contributed by atoms with Gasteiger partial charge in [0.2, 0.25) is 0 Å². The lowest BCUT2D eigenvalue weighted by molar-refractivity contribution is 0.0940. The summed E-state index contributed by atoms with van der Waals surface area (Å²) in [5.74, 6) is -0.106. The summed E-state index contributed by atoms with van der Waals surface area (Å²) in [6.07, 6.45) is 0. The number of carbonyl (C=O) groups is 1. The summed E-state index contributed by atoms with van der Waals surface area (Å²) in [4.78, 5) is 12.2. The molecule has 0 spiro atoms. The van der Waals surface area contributed by atoms with Crippen LogP contribution in [0.1, 0.15) is 35.8 Å². The van der Waals surface area contributed by atoms with E-state index in [1.807, 2.05) is 62.4 Å². The van der Waals surface area contributed by atoms with Crippen molar-refractivity contribution in [2.45, 2.75) is 19.9 Å². The number of halogens is 1. The molecule has 110 valence electrons. The molecule has 21 heavy (non-hydrogen) atoms. The quantitative estimate of drug-likeness (QED) is 0.866. The maximum Gasteiger partial charge on any atom is 0.251 e. The van der Waals surface area contributed by atoms with Crippen molar-refractivity contribution in [1.29, 1.82) is 0 Å². The molecule has 4 heteroatoms. The lowest BCUT2D eigenvalue weighted by atomic mass is 10.1. The first-order valence-electron chi connectivity index (χ1n) is 7.01. The van der Waals surface area contributed by atoms with E-state index in [0.29, 0.717) is 10.6 Å². The van der Waals surface area contributed by atoms with Crippen molar-refractivity contribution in [3.63, 3.8) is 0 Å². The number of rotatable bonds is 5. The lowest BCUT2D eigenvalue weighted by Crippen LogP contribution is -2.26. The first-order valence-corrected chi connectivity index (χ1v) is 7.39. The minimum atomic E-state index is -0.139. The van der Waals surface area contributed by atoms with Crippen molar-refractivity contribution in [3.05, 3.63) is 64.7 Å². The molecule has 3 nitrogen and oxygen atoms in total. The molecular weight excluding hydrogens is 284 g/mol. The minimum Gasteiger partial charge on any atom is -0.385 e. The monoisotopic (exact) mass is 302 g/mol. The first-order chi connectivity index (χ1) is 10.1. The van der Waals surface area contributed by atoms with Crippen LogP contribution in [-0.4, -0.2) is 12.5 Å². The standard InChI is InChI=1S/C17H19ClN2O/c1-3-19-14-10-8-13(9-11-14)17(21)20-12(2)15-6-4-5-7-16(15)18/h4-12,19H,3H2,1-2H3,(H,20,21). The Kier molecular flexibility index (Phi) is 5.23. The highest BCUT2D eigenvalue weighted by atomic mass is 35.5. The van der Waals surface area contributed by atoms with Crippen molar-refractivity contribution >= 4 is 23.2 Å². The van der Waals surface area contributed by atoms with Crippen molar-refractivity contribution < 1.29 is 4.79 Å². The zero-order valence-electron chi connectivity index (χ0n) is 12.2. The molecular formula is C17H19ClN2O. The molecule has 0 aliphatic carbocycles. The molecule has 0 saturated heterocycles. The van der Waals surface area contributed by atoms with Gasteiger partial charge in [-0.05, 0) is 49.7 Å². The Labute approximate surface area is 130 Å². The summed E-state index contributed by atoms with van der Waals surface area (Å²) in [5, 5.41) is 6.82. The molecule has 0 saturated carbocycles. The smallest absolute Gasteiger partial charge is 0.251 e. The molecule has 1 atom stereocenters. The van der Waals surface area contributed by atoms with Crippen LogP contribution in [0.15, 0.2) is 48.5 Å². The molecule has 0 fully saturated rings.